The number of ether oxygens (including phenoxy) is 3. The number of hydrogen-bond donors (Lipinski definition) is 0. The third-order valence-corrected chi connectivity index (χ3v) is 7.49. The molecule has 0 aliphatic heterocycles. The lowest BCUT2D eigenvalue weighted by Crippen LogP contribution is -2.38. The Labute approximate surface area is 216 Å². The molecule has 0 N–H and O–H groups in total. The van der Waals surface area contributed by atoms with E-state index in [1.54, 1.807) is 26.4 Å². The van der Waals surface area contributed by atoms with Crippen molar-refractivity contribution in [1.82, 2.24) is 9.29 Å². The number of nitrogens with zero attached hydrogens (tertiary/aromatic N) is 2. The monoisotopic (exact) mass is 532 g/mol. The number of benzene rings is 2. The number of amides is 1. The number of pyridine rings is 1. The van der Waals surface area contributed by atoms with Crippen molar-refractivity contribution in [3.63, 3.8) is 0 Å². The first-order valence-electron chi connectivity index (χ1n) is 11.4. The molecule has 1 unspecified atom stereocenters. The largest absolute Gasteiger partial charge is 0.468 e. The number of hydrogen-bond acceptors (Lipinski definition) is 7. The van der Waals surface area contributed by atoms with Gasteiger partial charge in [0.2, 0.25) is 0 Å². The van der Waals surface area contributed by atoms with E-state index in [1.165, 1.54) is 24.3 Å². The van der Waals surface area contributed by atoms with Crippen molar-refractivity contribution in [3.8, 4) is 5.75 Å². The zero-order valence-corrected chi connectivity index (χ0v) is 21.7. The van der Waals surface area contributed by atoms with Gasteiger partial charge in [-0.2, -0.15) is 0 Å². The lowest BCUT2D eigenvalue weighted by Gasteiger charge is -2.25. The molecule has 36 heavy (non-hydrogen) atoms. The number of aromatic nitrogens is 1. The van der Waals surface area contributed by atoms with Gasteiger partial charge >= 0.3 is 6.09 Å². The van der Waals surface area contributed by atoms with Crippen LogP contribution in [0.3, 0.4) is 0 Å². The Balaban J connectivity index is 1.84. The van der Waals surface area contributed by atoms with Crippen LogP contribution >= 0.6 is 11.6 Å². The summed E-state index contributed by atoms with van der Waals surface area (Å²) in [5, 5.41) is 0.395. The van der Waals surface area contributed by atoms with E-state index in [-0.39, 0.29) is 30.8 Å². The SMILES string of the molecule is CCOC(=O)N(CCC(Cc1ccc(OCOC)cc1)c1cccnc1)S(=O)(=O)c1ccc(Cl)cc1. The maximum absolute atomic E-state index is 13.3. The molecule has 0 aliphatic rings. The Morgan fingerprint density at radius 3 is 2.42 bits per heavy atom. The van der Waals surface area contributed by atoms with Gasteiger partial charge in [-0.05, 0) is 79.3 Å². The van der Waals surface area contributed by atoms with E-state index in [9.17, 15) is 13.2 Å². The van der Waals surface area contributed by atoms with Crippen LogP contribution in [0.2, 0.25) is 5.02 Å². The zero-order valence-electron chi connectivity index (χ0n) is 20.2. The minimum atomic E-state index is -4.15. The zero-order chi connectivity index (χ0) is 26.0. The average Bonchev–Trinajstić information content (AvgIpc) is 2.88. The summed E-state index contributed by atoms with van der Waals surface area (Å²) in [6, 6.07) is 17.0. The lowest BCUT2D eigenvalue weighted by atomic mass is 9.90. The van der Waals surface area contributed by atoms with Crippen LogP contribution in [0, 0.1) is 0 Å². The average molecular weight is 533 g/mol. The molecule has 3 rings (SSSR count). The van der Waals surface area contributed by atoms with Crippen LogP contribution in [0.25, 0.3) is 0 Å². The maximum atomic E-state index is 13.3. The summed E-state index contributed by atoms with van der Waals surface area (Å²) < 4.78 is 42.9. The van der Waals surface area contributed by atoms with Crippen LogP contribution in [0.5, 0.6) is 5.75 Å². The molecule has 0 fully saturated rings. The van der Waals surface area contributed by atoms with E-state index in [2.05, 4.69) is 4.98 Å². The fourth-order valence-corrected chi connectivity index (χ4v) is 5.10. The van der Waals surface area contributed by atoms with E-state index in [4.69, 9.17) is 25.8 Å². The Bertz CT molecular complexity index is 1210. The molecule has 0 spiro atoms. The van der Waals surface area contributed by atoms with Crippen LogP contribution in [-0.4, -0.2) is 50.9 Å². The van der Waals surface area contributed by atoms with Gasteiger partial charge < -0.3 is 14.2 Å². The number of rotatable bonds is 12. The summed E-state index contributed by atoms with van der Waals surface area (Å²) >= 11 is 5.92. The Morgan fingerprint density at radius 1 is 1.08 bits per heavy atom. The number of carbonyl (C=O) groups is 1. The molecule has 1 aromatic heterocycles. The van der Waals surface area contributed by atoms with Gasteiger partial charge in [-0.1, -0.05) is 29.8 Å². The number of carbonyl (C=O) groups excluding carboxylic acids is 1. The lowest BCUT2D eigenvalue weighted by molar-refractivity contribution is 0.0511. The van der Waals surface area contributed by atoms with E-state index in [0.717, 1.165) is 15.4 Å². The second kappa shape index (κ2) is 13.2. The van der Waals surface area contributed by atoms with Crippen molar-refractivity contribution >= 4 is 27.7 Å². The first-order valence-corrected chi connectivity index (χ1v) is 13.2. The van der Waals surface area contributed by atoms with Gasteiger partial charge in [0.1, 0.15) is 5.75 Å². The van der Waals surface area contributed by atoms with Crippen LogP contribution in [0.1, 0.15) is 30.4 Å². The molecule has 0 saturated carbocycles. The summed E-state index contributed by atoms with van der Waals surface area (Å²) in [5.41, 5.74) is 1.96. The summed E-state index contributed by atoms with van der Waals surface area (Å²) in [6.07, 6.45) is 3.48. The highest BCUT2D eigenvalue weighted by Crippen LogP contribution is 2.27. The molecule has 1 amide bonds. The predicted molar refractivity (Wildman–Crippen MR) is 137 cm³/mol. The Hall–Kier alpha value is -3.14. The topological polar surface area (TPSA) is 95.0 Å². The van der Waals surface area contributed by atoms with Gasteiger partial charge in [-0.15, -0.1) is 0 Å². The van der Waals surface area contributed by atoms with Gasteiger partial charge in [0.25, 0.3) is 10.0 Å². The third kappa shape index (κ3) is 7.43. The standard InChI is InChI=1S/C26H29ClN2O6S/c1-3-34-26(30)29(36(31,32)25-12-8-23(27)9-13-25)16-14-21(22-5-4-15-28-18-22)17-20-6-10-24(11-7-20)35-19-33-2/h4-13,15,18,21H,3,14,16-17,19H2,1-2H3. The highest BCUT2D eigenvalue weighted by Gasteiger charge is 2.31. The normalized spacial score (nSPS) is 12.1. The van der Waals surface area contributed by atoms with E-state index in [1.807, 2.05) is 36.4 Å². The number of sulfonamides is 1. The molecule has 0 aliphatic carbocycles. The molecule has 10 heteroatoms. The number of halogens is 1. The molecule has 0 bridgehead atoms. The maximum Gasteiger partial charge on any atom is 0.423 e. The molecular weight excluding hydrogens is 504 g/mol. The van der Waals surface area contributed by atoms with Crippen LogP contribution < -0.4 is 4.74 Å². The van der Waals surface area contributed by atoms with Crippen molar-refractivity contribution < 1.29 is 27.4 Å². The molecule has 192 valence electrons. The summed E-state index contributed by atoms with van der Waals surface area (Å²) in [7, 11) is -2.59. The van der Waals surface area contributed by atoms with Gasteiger partial charge in [-0.25, -0.2) is 17.5 Å². The molecule has 0 radical (unpaired) electrons. The van der Waals surface area contributed by atoms with E-state index in [0.29, 0.717) is 23.6 Å². The van der Waals surface area contributed by atoms with Crippen LogP contribution in [0.15, 0.2) is 78.0 Å². The summed E-state index contributed by atoms with van der Waals surface area (Å²) in [6.45, 7) is 1.76. The minimum Gasteiger partial charge on any atom is -0.468 e. The highest BCUT2D eigenvalue weighted by atomic mass is 35.5. The Kier molecular flexibility index (Phi) is 10.1. The third-order valence-electron chi connectivity index (χ3n) is 5.46. The van der Waals surface area contributed by atoms with Crippen LogP contribution in [-0.2, 0) is 25.9 Å². The predicted octanol–water partition coefficient (Wildman–Crippen LogP) is 5.28. The van der Waals surface area contributed by atoms with Crippen molar-refractivity contribution in [2.24, 2.45) is 0 Å². The molecule has 1 heterocycles. The fraction of sp³-hybridized carbons (Fsp3) is 0.308. The fourth-order valence-electron chi connectivity index (χ4n) is 3.65. The van der Waals surface area contributed by atoms with E-state index < -0.39 is 16.1 Å². The quantitative estimate of drug-likeness (QED) is 0.293. The molecule has 2 aromatic carbocycles. The molecule has 1 atom stereocenters. The van der Waals surface area contributed by atoms with Crippen LogP contribution in [0.4, 0.5) is 4.79 Å². The molecular formula is C26H29ClN2O6S. The summed E-state index contributed by atoms with van der Waals surface area (Å²) in [4.78, 5) is 16.9. The van der Waals surface area contributed by atoms with Gasteiger partial charge in [-0.3, -0.25) is 4.98 Å². The summed E-state index contributed by atoms with van der Waals surface area (Å²) in [5.74, 6) is 0.572. The molecule has 8 nitrogen and oxygen atoms in total. The smallest absolute Gasteiger partial charge is 0.423 e. The van der Waals surface area contributed by atoms with Gasteiger partial charge in [0.15, 0.2) is 6.79 Å². The molecule has 0 saturated heterocycles. The van der Waals surface area contributed by atoms with E-state index >= 15 is 0 Å². The first-order chi connectivity index (χ1) is 17.3. The second-order valence-electron chi connectivity index (χ2n) is 7.90. The minimum absolute atomic E-state index is 0.0375. The van der Waals surface area contributed by atoms with Gasteiger partial charge in [0.05, 0.1) is 11.5 Å². The first kappa shape index (κ1) is 27.4. The van der Waals surface area contributed by atoms with Gasteiger partial charge in [0, 0.05) is 31.1 Å². The molecule has 3 aromatic rings. The van der Waals surface area contributed by atoms with Crippen molar-refractivity contribution in [1.29, 1.82) is 0 Å². The number of methoxy groups -OCH3 is 1. The Morgan fingerprint density at radius 2 is 1.81 bits per heavy atom. The highest BCUT2D eigenvalue weighted by molar-refractivity contribution is 7.89. The van der Waals surface area contributed by atoms with Crippen molar-refractivity contribution in [2.45, 2.75) is 30.6 Å². The van der Waals surface area contributed by atoms with Crippen molar-refractivity contribution in [3.05, 3.63) is 89.2 Å². The second-order valence-corrected chi connectivity index (χ2v) is 10.2. The van der Waals surface area contributed by atoms with Crippen molar-refractivity contribution in [2.75, 3.05) is 27.1 Å².